The largest absolute Gasteiger partial charge is 0.398 e. The van der Waals surface area contributed by atoms with Gasteiger partial charge in [-0.15, -0.1) is 5.10 Å². The maximum Gasteiger partial charge on any atom is 0.264 e. The molecule has 21 heavy (non-hydrogen) atoms. The van der Waals surface area contributed by atoms with E-state index in [1.807, 2.05) is 0 Å². The van der Waals surface area contributed by atoms with Crippen molar-refractivity contribution in [1.29, 1.82) is 0 Å². The van der Waals surface area contributed by atoms with Gasteiger partial charge in [0.2, 0.25) is 0 Å². The summed E-state index contributed by atoms with van der Waals surface area (Å²) in [6, 6.07) is 3.28. The lowest BCUT2D eigenvalue weighted by Crippen LogP contribution is -2.18. The predicted octanol–water partition coefficient (Wildman–Crippen LogP) is 1.49. The zero-order chi connectivity index (χ0) is 15.8. The first-order valence-electron chi connectivity index (χ1n) is 6.28. The molecule has 0 aliphatic carbocycles. The lowest BCUT2D eigenvalue weighted by Gasteiger charge is -2.12. The van der Waals surface area contributed by atoms with E-state index in [9.17, 15) is 8.42 Å². The first kappa shape index (κ1) is 15.2. The molecule has 0 bridgehead atoms. The third-order valence-corrected chi connectivity index (χ3v) is 4.61. The fraction of sp³-hybridized carbons (Fsp3) is 0.308. The average molecular weight is 307 g/mol. The van der Waals surface area contributed by atoms with Crippen LogP contribution >= 0.6 is 0 Å². The molecule has 0 aliphatic rings. The van der Waals surface area contributed by atoms with E-state index in [-0.39, 0.29) is 10.8 Å². The smallest absolute Gasteiger partial charge is 0.264 e. The van der Waals surface area contributed by atoms with Crippen molar-refractivity contribution in [2.24, 2.45) is 0 Å². The van der Waals surface area contributed by atoms with Crippen LogP contribution in [-0.4, -0.2) is 23.6 Å². The Labute approximate surface area is 123 Å². The highest BCUT2D eigenvalue weighted by atomic mass is 32.2. The lowest BCUT2D eigenvalue weighted by molar-refractivity contribution is 0.600. The van der Waals surface area contributed by atoms with Gasteiger partial charge in [-0.1, -0.05) is 0 Å². The minimum atomic E-state index is -3.81. The maximum absolute atomic E-state index is 12.4. The summed E-state index contributed by atoms with van der Waals surface area (Å²) >= 11 is 0. The highest BCUT2D eigenvalue weighted by Crippen LogP contribution is 2.24. The molecule has 0 radical (unpaired) electrons. The van der Waals surface area contributed by atoms with Gasteiger partial charge in [-0.25, -0.2) is 18.1 Å². The Hall–Kier alpha value is -2.22. The highest BCUT2D eigenvalue weighted by Gasteiger charge is 2.20. The summed E-state index contributed by atoms with van der Waals surface area (Å²) < 4.78 is 27.2. The SMILES string of the molecule is Cc1cc(N)c(C)c(S(=O)(=O)Nc2nnc(C)c(C)n2)c1. The van der Waals surface area contributed by atoms with Crippen molar-refractivity contribution in [2.75, 3.05) is 10.5 Å². The van der Waals surface area contributed by atoms with E-state index in [1.165, 1.54) is 0 Å². The number of benzene rings is 1. The Kier molecular flexibility index (Phi) is 3.82. The summed E-state index contributed by atoms with van der Waals surface area (Å²) in [7, 11) is -3.81. The van der Waals surface area contributed by atoms with Gasteiger partial charge in [-0.3, -0.25) is 0 Å². The third kappa shape index (κ3) is 3.10. The fourth-order valence-corrected chi connectivity index (χ4v) is 3.11. The first-order chi connectivity index (χ1) is 9.70. The standard InChI is InChI=1S/C13H17N5O2S/c1-7-5-11(14)8(2)12(6-7)21(19,20)18-13-15-9(3)10(4)16-17-13/h5-6H,14H2,1-4H3,(H,15,17,18). The van der Waals surface area contributed by atoms with E-state index in [1.54, 1.807) is 39.8 Å². The molecule has 0 fully saturated rings. The Morgan fingerprint density at radius 2 is 1.71 bits per heavy atom. The van der Waals surface area contributed by atoms with Crippen LogP contribution in [0.1, 0.15) is 22.5 Å². The molecule has 0 saturated heterocycles. The predicted molar refractivity (Wildman–Crippen MR) is 80.4 cm³/mol. The van der Waals surface area contributed by atoms with Crippen molar-refractivity contribution in [3.63, 3.8) is 0 Å². The number of nitrogen functional groups attached to an aromatic ring is 1. The number of hydrogen-bond donors (Lipinski definition) is 2. The van der Waals surface area contributed by atoms with Gasteiger partial charge in [0.15, 0.2) is 0 Å². The molecule has 0 unspecified atom stereocenters. The fourth-order valence-electron chi connectivity index (χ4n) is 1.81. The Morgan fingerprint density at radius 3 is 2.33 bits per heavy atom. The van der Waals surface area contributed by atoms with E-state index < -0.39 is 10.0 Å². The normalized spacial score (nSPS) is 11.4. The van der Waals surface area contributed by atoms with E-state index in [4.69, 9.17) is 5.73 Å². The molecule has 1 aromatic carbocycles. The van der Waals surface area contributed by atoms with Crippen LogP contribution in [0.5, 0.6) is 0 Å². The molecule has 0 amide bonds. The molecule has 2 aromatic rings. The summed E-state index contributed by atoms with van der Waals surface area (Å²) in [5.74, 6) is -0.0578. The molecule has 1 aromatic heterocycles. The first-order valence-corrected chi connectivity index (χ1v) is 7.76. The van der Waals surface area contributed by atoms with E-state index in [2.05, 4.69) is 19.9 Å². The molecule has 0 aliphatic heterocycles. The molecular weight excluding hydrogens is 290 g/mol. The number of sulfonamides is 1. The van der Waals surface area contributed by atoms with Gasteiger partial charge in [0.25, 0.3) is 16.0 Å². The van der Waals surface area contributed by atoms with Gasteiger partial charge >= 0.3 is 0 Å². The van der Waals surface area contributed by atoms with Crippen LogP contribution in [0.3, 0.4) is 0 Å². The van der Waals surface area contributed by atoms with Crippen LogP contribution in [0.4, 0.5) is 11.6 Å². The van der Waals surface area contributed by atoms with Gasteiger partial charge in [-0.05, 0) is 51.0 Å². The topological polar surface area (TPSA) is 111 Å². The molecule has 0 atom stereocenters. The van der Waals surface area contributed by atoms with Crippen molar-refractivity contribution in [2.45, 2.75) is 32.6 Å². The van der Waals surface area contributed by atoms with Gasteiger partial charge in [0.1, 0.15) is 0 Å². The van der Waals surface area contributed by atoms with Gasteiger partial charge in [0, 0.05) is 5.69 Å². The quantitative estimate of drug-likeness (QED) is 0.831. The second-order valence-electron chi connectivity index (χ2n) is 4.89. The van der Waals surface area contributed by atoms with Crippen molar-refractivity contribution in [3.8, 4) is 0 Å². The minimum absolute atomic E-state index is 0.0578. The molecule has 3 N–H and O–H groups in total. The van der Waals surface area contributed by atoms with Crippen LogP contribution in [0, 0.1) is 27.7 Å². The summed E-state index contributed by atoms with van der Waals surface area (Å²) in [5.41, 5.74) is 8.76. The zero-order valence-electron chi connectivity index (χ0n) is 12.3. The van der Waals surface area contributed by atoms with E-state index in [0.717, 1.165) is 5.56 Å². The van der Waals surface area contributed by atoms with Gasteiger partial charge < -0.3 is 5.73 Å². The monoisotopic (exact) mass is 307 g/mol. The number of hydrogen-bond acceptors (Lipinski definition) is 6. The number of rotatable bonds is 3. The maximum atomic E-state index is 12.4. The van der Waals surface area contributed by atoms with Crippen molar-refractivity contribution < 1.29 is 8.42 Å². The summed E-state index contributed by atoms with van der Waals surface area (Å²) in [6.45, 7) is 6.92. The van der Waals surface area contributed by atoms with Crippen LogP contribution in [-0.2, 0) is 10.0 Å². The Balaban J connectivity index is 2.45. The van der Waals surface area contributed by atoms with E-state index >= 15 is 0 Å². The number of anilines is 2. The molecule has 2 rings (SSSR count). The number of nitrogens with zero attached hydrogens (tertiary/aromatic N) is 3. The van der Waals surface area contributed by atoms with Crippen LogP contribution in [0.15, 0.2) is 17.0 Å². The van der Waals surface area contributed by atoms with Crippen LogP contribution in [0.25, 0.3) is 0 Å². The molecule has 112 valence electrons. The molecule has 0 saturated carbocycles. The van der Waals surface area contributed by atoms with Gasteiger partial charge in [0.05, 0.1) is 16.3 Å². The second kappa shape index (κ2) is 5.28. The van der Waals surface area contributed by atoms with Crippen LogP contribution < -0.4 is 10.5 Å². The zero-order valence-corrected chi connectivity index (χ0v) is 13.1. The number of aryl methyl sites for hydroxylation is 3. The second-order valence-corrected chi connectivity index (χ2v) is 6.54. The molecule has 0 spiro atoms. The molecular formula is C13H17N5O2S. The summed E-state index contributed by atoms with van der Waals surface area (Å²) in [5, 5.41) is 7.59. The third-order valence-electron chi connectivity index (χ3n) is 3.15. The Morgan fingerprint density at radius 1 is 1.05 bits per heavy atom. The number of nitrogens with one attached hydrogen (secondary N) is 1. The van der Waals surface area contributed by atoms with Crippen molar-refractivity contribution in [3.05, 3.63) is 34.6 Å². The van der Waals surface area contributed by atoms with Crippen LogP contribution in [0.2, 0.25) is 0 Å². The molecule has 1 heterocycles. The lowest BCUT2D eigenvalue weighted by atomic mass is 10.1. The van der Waals surface area contributed by atoms with Crippen molar-refractivity contribution >= 4 is 21.7 Å². The van der Waals surface area contributed by atoms with E-state index in [0.29, 0.717) is 22.6 Å². The minimum Gasteiger partial charge on any atom is -0.398 e. The summed E-state index contributed by atoms with van der Waals surface area (Å²) in [4.78, 5) is 4.18. The highest BCUT2D eigenvalue weighted by molar-refractivity contribution is 7.92. The molecule has 8 heteroatoms. The number of aromatic nitrogens is 3. The molecule has 7 nitrogen and oxygen atoms in total. The Bertz CT molecular complexity index is 802. The van der Waals surface area contributed by atoms with Gasteiger partial charge in [-0.2, -0.15) is 5.10 Å². The van der Waals surface area contributed by atoms with Crippen molar-refractivity contribution in [1.82, 2.24) is 15.2 Å². The number of nitrogens with two attached hydrogens (primary N) is 1. The summed E-state index contributed by atoms with van der Waals surface area (Å²) in [6.07, 6.45) is 0. The average Bonchev–Trinajstić information content (AvgIpc) is 2.37.